The van der Waals surface area contributed by atoms with E-state index in [0.29, 0.717) is 0 Å². The number of rotatable bonds is 5. The van der Waals surface area contributed by atoms with Crippen molar-refractivity contribution in [1.29, 1.82) is 0 Å². The molecule has 0 saturated carbocycles. The molecule has 2 aromatic rings. The van der Waals surface area contributed by atoms with Gasteiger partial charge in [-0.25, -0.2) is 0 Å². The Bertz CT molecular complexity index is 555. The molecule has 0 amide bonds. The van der Waals surface area contributed by atoms with Crippen LogP contribution in [0.15, 0.2) is 30.5 Å². The molecule has 1 aliphatic rings. The first kappa shape index (κ1) is 13.7. The molecular weight excluding hydrogens is 248 g/mol. The summed E-state index contributed by atoms with van der Waals surface area (Å²) in [5.41, 5.74) is 2.88. The zero-order valence-corrected chi connectivity index (χ0v) is 12.3. The average Bonchev–Trinajstić information content (AvgIpc) is 2.90. The van der Waals surface area contributed by atoms with Gasteiger partial charge in [0.25, 0.3) is 0 Å². The molecular formula is C17H24N2O. The minimum atomic E-state index is 0.761. The van der Waals surface area contributed by atoms with Crippen molar-refractivity contribution in [3.63, 3.8) is 0 Å². The summed E-state index contributed by atoms with van der Waals surface area (Å²) in [5.74, 6) is 0.761. The molecule has 1 fully saturated rings. The number of hydrogen-bond donors (Lipinski definition) is 1. The van der Waals surface area contributed by atoms with Gasteiger partial charge in [0.1, 0.15) is 0 Å². The van der Waals surface area contributed by atoms with E-state index in [1.54, 1.807) is 0 Å². The Morgan fingerprint density at radius 1 is 1.25 bits per heavy atom. The normalized spacial score (nSPS) is 16.9. The van der Waals surface area contributed by atoms with Gasteiger partial charge in [0.05, 0.1) is 5.52 Å². The van der Waals surface area contributed by atoms with Gasteiger partial charge in [0.2, 0.25) is 0 Å². The molecule has 108 valence electrons. The predicted octanol–water partition coefficient (Wildman–Crippen LogP) is 2.83. The lowest BCUT2D eigenvalue weighted by molar-refractivity contribution is 0.0616. The van der Waals surface area contributed by atoms with Crippen molar-refractivity contribution in [3.8, 4) is 0 Å². The molecule has 1 aliphatic heterocycles. The molecule has 1 aromatic heterocycles. The minimum Gasteiger partial charge on any atom is -0.381 e. The maximum Gasteiger partial charge on any atom is 0.0513 e. The van der Waals surface area contributed by atoms with Gasteiger partial charge in [-0.3, -0.25) is 0 Å². The van der Waals surface area contributed by atoms with Crippen molar-refractivity contribution >= 4 is 10.9 Å². The van der Waals surface area contributed by atoms with Crippen LogP contribution in [0.1, 0.15) is 18.4 Å². The van der Waals surface area contributed by atoms with Crippen LogP contribution in [0.25, 0.3) is 10.9 Å². The van der Waals surface area contributed by atoms with Crippen molar-refractivity contribution in [2.24, 2.45) is 5.92 Å². The second-order valence-electron chi connectivity index (χ2n) is 5.73. The van der Waals surface area contributed by atoms with Crippen molar-refractivity contribution in [2.75, 3.05) is 26.8 Å². The molecule has 1 aromatic carbocycles. The fourth-order valence-electron chi connectivity index (χ4n) is 3.16. The van der Waals surface area contributed by atoms with Gasteiger partial charge in [-0.1, -0.05) is 18.2 Å². The topological polar surface area (TPSA) is 26.2 Å². The highest BCUT2D eigenvalue weighted by molar-refractivity contribution is 5.83. The highest BCUT2D eigenvalue weighted by atomic mass is 16.5. The summed E-state index contributed by atoms with van der Waals surface area (Å²) in [5, 5.41) is 4.61. The lowest BCUT2D eigenvalue weighted by atomic mass is 10.00. The molecule has 0 radical (unpaired) electrons. The number of nitrogens with zero attached hydrogens (tertiary/aromatic N) is 1. The summed E-state index contributed by atoms with van der Waals surface area (Å²) in [4.78, 5) is 0. The van der Waals surface area contributed by atoms with Crippen LogP contribution >= 0.6 is 0 Å². The summed E-state index contributed by atoms with van der Waals surface area (Å²) in [6.07, 6.45) is 5.73. The number of aromatic nitrogens is 1. The Morgan fingerprint density at radius 3 is 2.90 bits per heavy atom. The average molecular weight is 272 g/mol. The van der Waals surface area contributed by atoms with E-state index < -0.39 is 0 Å². The summed E-state index contributed by atoms with van der Waals surface area (Å²) < 4.78 is 7.92. The molecule has 0 atom stereocenters. The summed E-state index contributed by atoms with van der Waals surface area (Å²) in [6, 6.07) is 8.91. The highest BCUT2D eigenvalue weighted by Crippen LogP contribution is 2.24. The largest absolute Gasteiger partial charge is 0.381 e. The monoisotopic (exact) mass is 272 g/mol. The third-order valence-corrected chi connectivity index (χ3v) is 4.31. The number of hydrogen-bond acceptors (Lipinski definition) is 2. The van der Waals surface area contributed by atoms with Crippen molar-refractivity contribution in [2.45, 2.75) is 25.8 Å². The molecule has 1 saturated heterocycles. The molecule has 20 heavy (non-hydrogen) atoms. The molecule has 3 rings (SSSR count). The van der Waals surface area contributed by atoms with Crippen LogP contribution in [0.2, 0.25) is 0 Å². The predicted molar refractivity (Wildman–Crippen MR) is 83.1 cm³/mol. The summed E-state index contributed by atoms with van der Waals surface area (Å²) in [6.45, 7) is 4.01. The van der Waals surface area contributed by atoms with E-state index in [-0.39, 0.29) is 0 Å². The second-order valence-corrected chi connectivity index (χ2v) is 5.73. The van der Waals surface area contributed by atoms with E-state index in [9.17, 15) is 0 Å². The zero-order chi connectivity index (χ0) is 13.8. The lowest BCUT2D eigenvalue weighted by Crippen LogP contribution is -2.20. The molecule has 0 aliphatic carbocycles. The third-order valence-electron chi connectivity index (χ3n) is 4.31. The van der Waals surface area contributed by atoms with E-state index in [0.717, 1.165) is 38.6 Å². The molecule has 0 spiro atoms. The number of benzene rings is 1. The lowest BCUT2D eigenvalue weighted by Gasteiger charge is -2.23. The molecule has 0 bridgehead atoms. The molecule has 0 unspecified atom stereocenters. The van der Waals surface area contributed by atoms with Gasteiger partial charge in [-0.05, 0) is 55.8 Å². The van der Waals surface area contributed by atoms with Gasteiger partial charge in [-0.2, -0.15) is 0 Å². The Kier molecular flexibility index (Phi) is 4.38. The van der Waals surface area contributed by atoms with Crippen LogP contribution in [-0.2, 0) is 17.7 Å². The van der Waals surface area contributed by atoms with Gasteiger partial charge >= 0.3 is 0 Å². The zero-order valence-electron chi connectivity index (χ0n) is 12.3. The van der Waals surface area contributed by atoms with Gasteiger partial charge in [0, 0.05) is 26.0 Å². The fourth-order valence-corrected chi connectivity index (χ4v) is 3.16. The van der Waals surface area contributed by atoms with E-state index in [1.807, 2.05) is 7.05 Å². The molecule has 1 N–H and O–H groups in total. The van der Waals surface area contributed by atoms with E-state index in [4.69, 9.17) is 4.74 Å². The smallest absolute Gasteiger partial charge is 0.0513 e. The van der Waals surface area contributed by atoms with E-state index >= 15 is 0 Å². The van der Waals surface area contributed by atoms with Crippen molar-refractivity contribution in [1.82, 2.24) is 9.88 Å². The van der Waals surface area contributed by atoms with Crippen LogP contribution in [0, 0.1) is 5.92 Å². The maximum atomic E-state index is 5.47. The second kappa shape index (κ2) is 6.42. The van der Waals surface area contributed by atoms with Crippen LogP contribution in [0.5, 0.6) is 0 Å². The number of nitrogens with one attached hydrogen (secondary N) is 1. The summed E-state index contributed by atoms with van der Waals surface area (Å²) in [7, 11) is 2.02. The van der Waals surface area contributed by atoms with Crippen LogP contribution < -0.4 is 5.32 Å². The number of fused-ring (bicyclic) bond motifs is 1. The Labute approximate surface area is 120 Å². The fraction of sp³-hybridized carbons (Fsp3) is 0.529. The molecule has 3 heteroatoms. The SMILES string of the molecule is CNCCc1cccc2ccn(CC3CCOCC3)c12. The number of para-hydroxylation sites is 1. The minimum absolute atomic E-state index is 0.761. The van der Waals surface area contributed by atoms with Crippen LogP contribution in [0.4, 0.5) is 0 Å². The van der Waals surface area contributed by atoms with E-state index in [2.05, 4.69) is 40.3 Å². The first-order valence-corrected chi connectivity index (χ1v) is 7.67. The molecule has 3 nitrogen and oxygen atoms in total. The Morgan fingerprint density at radius 2 is 2.10 bits per heavy atom. The maximum absolute atomic E-state index is 5.47. The standard InChI is InChI=1S/C17H24N2O/c1-18-9-5-15-3-2-4-16-6-10-19(17(15)16)13-14-7-11-20-12-8-14/h2-4,6,10,14,18H,5,7-9,11-13H2,1H3. The first-order chi connectivity index (χ1) is 9.88. The first-order valence-electron chi connectivity index (χ1n) is 7.67. The van der Waals surface area contributed by atoms with E-state index in [1.165, 1.54) is 29.3 Å². The molecule has 2 heterocycles. The van der Waals surface area contributed by atoms with Crippen molar-refractivity contribution < 1.29 is 4.74 Å². The Hall–Kier alpha value is -1.32. The van der Waals surface area contributed by atoms with Crippen LogP contribution in [0.3, 0.4) is 0 Å². The quantitative estimate of drug-likeness (QED) is 0.906. The van der Waals surface area contributed by atoms with Crippen LogP contribution in [-0.4, -0.2) is 31.4 Å². The number of likely N-dealkylation sites (N-methyl/N-ethyl adjacent to an activating group) is 1. The van der Waals surface area contributed by atoms with Crippen molar-refractivity contribution in [3.05, 3.63) is 36.0 Å². The van der Waals surface area contributed by atoms with Gasteiger partial charge < -0.3 is 14.6 Å². The third kappa shape index (κ3) is 2.89. The highest BCUT2D eigenvalue weighted by Gasteiger charge is 2.16. The summed E-state index contributed by atoms with van der Waals surface area (Å²) >= 11 is 0. The van der Waals surface area contributed by atoms with Gasteiger partial charge in [0.15, 0.2) is 0 Å². The Balaban J connectivity index is 1.85. The number of ether oxygens (including phenoxy) is 1. The van der Waals surface area contributed by atoms with Gasteiger partial charge in [-0.15, -0.1) is 0 Å².